The number of hydrogen-bond donors (Lipinski definition) is 2. The number of nitrogens with one attached hydrogen (secondary N) is 1. The van der Waals surface area contributed by atoms with E-state index in [0.29, 0.717) is 22.0 Å². The molecule has 1 amide bonds. The molecular formula is C18H13F3N2O2S. The maximum atomic E-state index is 12.6. The molecule has 1 aromatic heterocycles. The van der Waals surface area contributed by atoms with Crippen LogP contribution in [-0.4, -0.2) is 16.0 Å². The lowest BCUT2D eigenvalue weighted by atomic mass is 10.1. The number of aromatic hydroxyl groups is 1. The highest BCUT2D eigenvalue weighted by molar-refractivity contribution is 7.13. The predicted octanol–water partition coefficient (Wildman–Crippen LogP) is 4.72. The number of rotatable bonds is 4. The number of carbonyl (C=O) groups is 1. The topological polar surface area (TPSA) is 62.2 Å². The van der Waals surface area contributed by atoms with Gasteiger partial charge in [0.2, 0.25) is 5.91 Å². The zero-order chi connectivity index (χ0) is 18.7. The number of halogens is 3. The predicted molar refractivity (Wildman–Crippen MR) is 93.0 cm³/mol. The molecule has 4 nitrogen and oxygen atoms in total. The average Bonchev–Trinajstić information content (AvgIpc) is 3.04. The van der Waals surface area contributed by atoms with E-state index in [-0.39, 0.29) is 18.1 Å². The summed E-state index contributed by atoms with van der Waals surface area (Å²) in [6.45, 7) is 0. The van der Waals surface area contributed by atoms with Gasteiger partial charge in [0, 0.05) is 16.6 Å². The first-order valence-electron chi connectivity index (χ1n) is 7.52. The van der Waals surface area contributed by atoms with Gasteiger partial charge in [0.1, 0.15) is 10.8 Å². The summed E-state index contributed by atoms with van der Waals surface area (Å²) in [6, 6.07) is 10.8. The van der Waals surface area contributed by atoms with Gasteiger partial charge >= 0.3 is 6.18 Å². The van der Waals surface area contributed by atoms with Gasteiger partial charge in [0.15, 0.2) is 0 Å². The van der Waals surface area contributed by atoms with Crippen molar-refractivity contribution in [1.82, 2.24) is 4.98 Å². The van der Waals surface area contributed by atoms with Crippen LogP contribution in [0.4, 0.5) is 18.9 Å². The zero-order valence-electron chi connectivity index (χ0n) is 13.2. The van der Waals surface area contributed by atoms with E-state index >= 15 is 0 Å². The number of nitrogens with zero attached hydrogens (tertiary/aromatic N) is 1. The molecule has 0 fully saturated rings. The van der Waals surface area contributed by atoms with Gasteiger partial charge in [-0.05, 0) is 36.4 Å². The molecule has 0 bridgehead atoms. The van der Waals surface area contributed by atoms with Crippen molar-refractivity contribution >= 4 is 22.9 Å². The number of hydrogen-bond acceptors (Lipinski definition) is 4. The zero-order valence-corrected chi connectivity index (χ0v) is 14.1. The first-order valence-corrected chi connectivity index (χ1v) is 8.40. The van der Waals surface area contributed by atoms with E-state index in [2.05, 4.69) is 10.3 Å². The lowest BCUT2D eigenvalue weighted by Gasteiger charge is -2.06. The van der Waals surface area contributed by atoms with Crippen molar-refractivity contribution in [3.63, 3.8) is 0 Å². The van der Waals surface area contributed by atoms with Crippen LogP contribution in [0.15, 0.2) is 53.9 Å². The van der Waals surface area contributed by atoms with Gasteiger partial charge in [-0.2, -0.15) is 13.2 Å². The normalized spacial score (nSPS) is 11.3. The van der Waals surface area contributed by atoms with Gasteiger partial charge in [-0.3, -0.25) is 4.79 Å². The highest BCUT2D eigenvalue weighted by Crippen LogP contribution is 2.31. The smallest absolute Gasteiger partial charge is 0.416 e. The van der Waals surface area contributed by atoms with Crippen LogP contribution in [0, 0.1) is 0 Å². The molecule has 0 saturated heterocycles. The summed E-state index contributed by atoms with van der Waals surface area (Å²) in [4.78, 5) is 16.3. The van der Waals surface area contributed by atoms with Crippen LogP contribution in [0.2, 0.25) is 0 Å². The molecule has 3 aromatic rings. The SMILES string of the molecule is O=C(Cc1csc(-c2ccc(C(F)(F)F)cc2)n1)Nc1ccc(O)cc1. The number of amides is 1. The molecule has 8 heteroatoms. The van der Waals surface area contributed by atoms with Crippen molar-refractivity contribution in [1.29, 1.82) is 0 Å². The molecule has 0 atom stereocenters. The Kier molecular flexibility index (Phi) is 4.94. The largest absolute Gasteiger partial charge is 0.508 e. The minimum atomic E-state index is -4.38. The maximum Gasteiger partial charge on any atom is 0.416 e. The van der Waals surface area contributed by atoms with Gasteiger partial charge in [0.05, 0.1) is 17.7 Å². The molecule has 0 unspecified atom stereocenters. The van der Waals surface area contributed by atoms with Crippen LogP contribution in [0.1, 0.15) is 11.3 Å². The van der Waals surface area contributed by atoms with Crippen molar-refractivity contribution in [2.24, 2.45) is 0 Å². The second kappa shape index (κ2) is 7.17. The average molecular weight is 378 g/mol. The number of phenols is 1. The molecule has 134 valence electrons. The maximum absolute atomic E-state index is 12.6. The van der Waals surface area contributed by atoms with E-state index in [4.69, 9.17) is 0 Å². The van der Waals surface area contributed by atoms with E-state index in [0.717, 1.165) is 12.1 Å². The quantitative estimate of drug-likeness (QED) is 0.646. The summed E-state index contributed by atoms with van der Waals surface area (Å²) >= 11 is 1.26. The molecule has 0 aliphatic heterocycles. The second-order valence-electron chi connectivity index (χ2n) is 5.49. The fourth-order valence-corrected chi connectivity index (χ4v) is 3.06. The van der Waals surface area contributed by atoms with Crippen molar-refractivity contribution in [2.75, 3.05) is 5.32 Å². The molecule has 1 heterocycles. The van der Waals surface area contributed by atoms with Crippen LogP contribution < -0.4 is 5.32 Å². The third-order valence-electron chi connectivity index (χ3n) is 3.50. The van der Waals surface area contributed by atoms with Gasteiger partial charge < -0.3 is 10.4 Å². The lowest BCUT2D eigenvalue weighted by molar-refractivity contribution is -0.137. The van der Waals surface area contributed by atoms with Crippen LogP contribution in [0.3, 0.4) is 0 Å². The highest BCUT2D eigenvalue weighted by atomic mass is 32.1. The van der Waals surface area contributed by atoms with Gasteiger partial charge in [-0.25, -0.2) is 4.98 Å². The number of anilines is 1. The van der Waals surface area contributed by atoms with Crippen molar-refractivity contribution in [3.8, 4) is 16.3 Å². The van der Waals surface area contributed by atoms with Crippen molar-refractivity contribution < 1.29 is 23.1 Å². The van der Waals surface area contributed by atoms with Crippen molar-refractivity contribution in [3.05, 3.63) is 65.2 Å². The number of aromatic nitrogens is 1. The summed E-state index contributed by atoms with van der Waals surface area (Å²) in [5.41, 5.74) is 0.923. The van der Waals surface area contributed by atoms with Crippen LogP contribution in [-0.2, 0) is 17.4 Å². The molecule has 0 radical (unpaired) electrons. The van der Waals surface area contributed by atoms with E-state index in [1.165, 1.54) is 35.6 Å². The number of carbonyl (C=O) groups excluding carboxylic acids is 1. The van der Waals surface area contributed by atoms with Gasteiger partial charge in [0.25, 0.3) is 0 Å². The Morgan fingerprint density at radius 1 is 1.08 bits per heavy atom. The molecule has 0 spiro atoms. The Morgan fingerprint density at radius 3 is 2.35 bits per heavy atom. The molecule has 0 aliphatic rings. The summed E-state index contributed by atoms with van der Waals surface area (Å²) in [7, 11) is 0. The molecule has 0 aliphatic carbocycles. The number of alkyl halides is 3. The Labute approximate surface area is 151 Å². The Morgan fingerprint density at radius 2 is 1.73 bits per heavy atom. The standard InChI is InChI=1S/C18H13F3N2O2S/c19-18(20,21)12-3-1-11(2-4-12)17-23-14(10-26-17)9-16(25)22-13-5-7-15(24)8-6-13/h1-8,10,24H,9H2,(H,22,25). The van der Waals surface area contributed by atoms with E-state index < -0.39 is 11.7 Å². The fourth-order valence-electron chi connectivity index (χ4n) is 2.24. The van der Waals surface area contributed by atoms with Crippen LogP contribution in [0.5, 0.6) is 5.75 Å². The minimum absolute atomic E-state index is 0.0397. The molecular weight excluding hydrogens is 365 g/mol. The highest BCUT2D eigenvalue weighted by Gasteiger charge is 2.30. The number of benzene rings is 2. The lowest BCUT2D eigenvalue weighted by Crippen LogP contribution is -2.14. The van der Waals surface area contributed by atoms with Gasteiger partial charge in [-0.15, -0.1) is 11.3 Å². The van der Waals surface area contributed by atoms with Crippen LogP contribution in [0.25, 0.3) is 10.6 Å². The van der Waals surface area contributed by atoms with E-state index in [1.54, 1.807) is 17.5 Å². The summed E-state index contributed by atoms with van der Waals surface area (Å²) in [5, 5.41) is 14.1. The Balaban J connectivity index is 1.66. The molecule has 2 aromatic carbocycles. The molecule has 26 heavy (non-hydrogen) atoms. The summed E-state index contributed by atoms with van der Waals surface area (Å²) in [6.07, 6.45) is -4.34. The molecule has 0 saturated carbocycles. The van der Waals surface area contributed by atoms with Crippen molar-refractivity contribution in [2.45, 2.75) is 12.6 Å². The Bertz CT molecular complexity index is 903. The van der Waals surface area contributed by atoms with Crippen LogP contribution >= 0.6 is 11.3 Å². The summed E-state index contributed by atoms with van der Waals surface area (Å²) < 4.78 is 37.8. The van der Waals surface area contributed by atoms with E-state index in [9.17, 15) is 23.1 Å². The monoisotopic (exact) mass is 378 g/mol. The third kappa shape index (κ3) is 4.40. The molecule has 3 rings (SSSR count). The third-order valence-corrected chi connectivity index (χ3v) is 4.44. The Hall–Kier alpha value is -2.87. The minimum Gasteiger partial charge on any atom is -0.508 e. The first kappa shape index (κ1) is 17.9. The molecule has 2 N–H and O–H groups in total. The van der Waals surface area contributed by atoms with Gasteiger partial charge in [-0.1, -0.05) is 12.1 Å². The fraction of sp³-hybridized carbons (Fsp3) is 0.111. The van der Waals surface area contributed by atoms with E-state index in [1.807, 2.05) is 0 Å². The summed E-state index contributed by atoms with van der Waals surface area (Å²) in [5.74, 6) is -0.177. The number of thiazole rings is 1. The second-order valence-corrected chi connectivity index (χ2v) is 6.35. The first-order chi connectivity index (χ1) is 12.3. The number of phenolic OH excluding ortho intramolecular Hbond substituents is 1.